The summed E-state index contributed by atoms with van der Waals surface area (Å²) in [6.07, 6.45) is -11.8. The van der Waals surface area contributed by atoms with Gasteiger partial charge in [-0.15, -0.1) is 0 Å². The Hall–Kier alpha value is -2.61. The van der Waals surface area contributed by atoms with Gasteiger partial charge in [-0.3, -0.25) is 0 Å². The van der Waals surface area contributed by atoms with Gasteiger partial charge in [0, 0.05) is 23.6 Å². The lowest BCUT2D eigenvalue weighted by Crippen LogP contribution is -2.41. The smallest absolute Gasteiger partial charge is 0.426 e. The predicted octanol–water partition coefficient (Wildman–Crippen LogP) is 10.5. The monoisotopic (exact) mass is 688 g/mol. The Kier molecular flexibility index (Phi) is 10.4. The lowest BCUT2D eigenvalue weighted by Gasteiger charge is -2.39. The molecule has 47 heavy (non-hydrogen) atoms. The van der Waals surface area contributed by atoms with Crippen molar-refractivity contribution in [3.05, 3.63) is 64.5 Å². The van der Waals surface area contributed by atoms with Crippen molar-refractivity contribution in [3.63, 3.8) is 0 Å². The average molecular weight is 689 g/mol. The maximum absolute atomic E-state index is 15.1. The molecule has 0 radical (unpaired) electrons. The Labute approximate surface area is 264 Å². The highest BCUT2D eigenvalue weighted by Crippen LogP contribution is 2.48. The number of benzene rings is 2. The number of hydrogen-bond acceptors (Lipinski definition) is 3. The van der Waals surface area contributed by atoms with Crippen LogP contribution in [0.5, 0.6) is 5.75 Å². The van der Waals surface area contributed by atoms with E-state index in [1.807, 2.05) is 13.0 Å². The van der Waals surface area contributed by atoms with Crippen molar-refractivity contribution in [2.75, 3.05) is 13.2 Å². The quantitative estimate of drug-likeness (QED) is 0.259. The molecule has 0 bridgehead atoms. The van der Waals surface area contributed by atoms with Crippen LogP contribution in [-0.2, 0) is 15.4 Å². The van der Waals surface area contributed by atoms with Crippen LogP contribution in [0, 0.1) is 41.1 Å². The van der Waals surface area contributed by atoms with Gasteiger partial charge >= 0.3 is 18.2 Å². The van der Waals surface area contributed by atoms with Crippen LogP contribution in [0.15, 0.2) is 30.3 Å². The van der Waals surface area contributed by atoms with Crippen molar-refractivity contribution >= 4 is 0 Å². The minimum Gasteiger partial charge on any atom is -0.432 e. The summed E-state index contributed by atoms with van der Waals surface area (Å²) in [5.74, 6) is -12.6. The summed E-state index contributed by atoms with van der Waals surface area (Å²) in [6.45, 7) is 3.06. The van der Waals surface area contributed by atoms with E-state index in [1.54, 1.807) is 6.07 Å². The fourth-order valence-electron chi connectivity index (χ4n) is 7.14. The maximum Gasteiger partial charge on any atom is 0.426 e. The number of ether oxygens (including phenoxy) is 3. The van der Waals surface area contributed by atoms with Crippen molar-refractivity contribution in [2.24, 2.45) is 23.7 Å². The third-order valence-corrected chi connectivity index (χ3v) is 9.69. The Bertz CT molecular complexity index is 1350. The van der Waals surface area contributed by atoms with Gasteiger partial charge in [0.1, 0.15) is 23.2 Å². The largest absolute Gasteiger partial charge is 0.432 e. The Balaban J connectivity index is 1.13. The van der Waals surface area contributed by atoms with Gasteiger partial charge in [0.05, 0.1) is 24.7 Å². The maximum atomic E-state index is 15.1. The minimum atomic E-state index is -6.13. The van der Waals surface area contributed by atoms with Crippen molar-refractivity contribution in [3.8, 4) is 5.75 Å². The fraction of sp³-hybridized carbons (Fsp3) is 0.636. The molecule has 14 heteroatoms. The molecule has 3 fully saturated rings. The highest BCUT2D eigenvalue weighted by molar-refractivity contribution is 5.34. The summed E-state index contributed by atoms with van der Waals surface area (Å²) in [5, 5.41) is 0. The van der Waals surface area contributed by atoms with E-state index in [1.165, 1.54) is 6.07 Å². The molecule has 2 aromatic carbocycles. The molecule has 262 valence electrons. The SMILES string of the molecule is CC1COC(c2ccc(C3CCC(C4CCC(C(F)(F)Oc5cc(F)c(C(F)(F)C(F)C(F)(F)F)c(F)c5)CC4)CC3)c(F)c2)OC1. The average Bonchev–Trinajstić information content (AvgIpc) is 3.00. The van der Waals surface area contributed by atoms with Gasteiger partial charge in [0.25, 0.3) is 6.17 Å². The predicted molar refractivity (Wildman–Crippen MR) is 147 cm³/mol. The summed E-state index contributed by atoms with van der Waals surface area (Å²) in [6, 6.07) is 4.81. The Morgan fingerprint density at radius 3 is 1.77 bits per heavy atom. The van der Waals surface area contributed by atoms with Crippen molar-refractivity contribution < 1.29 is 62.5 Å². The van der Waals surface area contributed by atoms with Crippen LogP contribution in [-0.4, -0.2) is 31.7 Å². The van der Waals surface area contributed by atoms with Crippen molar-refractivity contribution in [1.82, 2.24) is 0 Å². The zero-order valence-corrected chi connectivity index (χ0v) is 25.4. The van der Waals surface area contributed by atoms with Crippen LogP contribution in [0.4, 0.5) is 48.3 Å². The summed E-state index contributed by atoms with van der Waals surface area (Å²) in [5.41, 5.74) is -1.30. The molecule has 2 aliphatic carbocycles. The second kappa shape index (κ2) is 13.7. The first-order valence-corrected chi connectivity index (χ1v) is 15.6. The third-order valence-electron chi connectivity index (χ3n) is 9.69. The third kappa shape index (κ3) is 7.84. The summed E-state index contributed by atoms with van der Waals surface area (Å²) < 4.78 is 168. The topological polar surface area (TPSA) is 27.7 Å². The van der Waals surface area contributed by atoms with Crippen molar-refractivity contribution in [1.29, 1.82) is 0 Å². The molecule has 0 spiro atoms. The first-order valence-electron chi connectivity index (χ1n) is 15.6. The van der Waals surface area contributed by atoms with Gasteiger partial charge in [-0.25, -0.2) is 17.6 Å². The van der Waals surface area contributed by atoms with Crippen LogP contribution >= 0.6 is 0 Å². The van der Waals surface area contributed by atoms with E-state index in [9.17, 15) is 35.1 Å². The molecular weight excluding hydrogens is 653 g/mol. The van der Waals surface area contributed by atoms with E-state index in [2.05, 4.69) is 4.74 Å². The molecule has 0 amide bonds. The minimum absolute atomic E-state index is 0.00595. The molecule has 1 heterocycles. The van der Waals surface area contributed by atoms with Crippen molar-refractivity contribution in [2.45, 2.75) is 94.9 Å². The van der Waals surface area contributed by atoms with Gasteiger partial charge in [-0.1, -0.05) is 19.1 Å². The molecule has 3 aliphatic rings. The lowest BCUT2D eigenvalue weighted by molar-refractivity contribution is -0.249. The van der Waals surface area contributed by atoms with Gasteiger partial charge in [-0.05, 0) is 80.8 Å². The zero-order valence-electron chi connectivity index (χ0n) is 25.4. The molecule has 1 atom stereocenters. The molecule has 0 N–H and O–H groups in total. The van der Waals surface area contributed by atoms with Crippen LogP contribution in [0.2, 0.25) is 0 Å². The van der Waals surface area contributed by atoms with Crippen LogP contribution < -0.4 is 4.74 Å². The molecule has 0 aromatic heterocycles. The summed E-state index contributed by atoms with van der Waals surface area (Å²) in [7, 11) is 0. The van der Waals surface area contributed by atoms with Crippen LogP contribution in [0.1, 0.15) is 87.2 Å². The Morgan fingerprint density at radius 2 is 1.26 bits per heavy atom. The van der Waals surface area contributed by atoms with E-state index < -0.39 is 59.5 Å². The summed E-state index contributed by atoms with van der Waals surface area (Å²) >= 11 is 0. The van der Waals surface area contributed by atoms with Crippen LogP contribution in [0.3, 0.4) is 0 Å². The standard InChI is InChI=1S/C33H35F11O3/c1-17-15-45-29(46-16-17)21-8-11-24(25(34)12-21)20-4-2-18(3-5-20)19-6-9-22(10-7-19)33(43,44)47-23-13-26(35)28(27(36)14-23)31(38,39)30(37)32(40,41)42/h8,11-14,17-20,22,29-30H,2-7,9-10,15-16H2,1H3. The van der Waals surface area contributed by atoms with Crippen LogP contribution in [0.25, 0.3) is 0 Å². The van der Waals surface area contributed by atoms with Gasteiger partial charge in [-0.2, -0.15) is 30.7 Å². The normalized spacial score (nSPS) is 28.6. The number of halogens is 11. The summed E-state index contributed by atoms with van der Waals surface area (Å²) in [4.78, 5) is 0. The number of alkyl halides is 8. The van der Waals surface area contributed by atoms with E-state index in [4.69, 9.17) is 9.47 Å². The molecule has 2 saturated carbocycles. The highest BCUT2D eigenvalue weighted by atomic mass is 19.4. The van der Waals surface area contributed by atoms with E-state index in [0.29, 0.717) is 37.2 Å². The first-order chi connectivity index (χ1) is 22.0. The number of rotatable bonds is 8. The second-order valence-corrected chi connectivity index (χ2v) is 13.1. The molecule has 1 aliphatic heterocycles. The second-order valence-electron chi connectivity index (χ2n) is 13.1. The Morgan fingerprint density at radius 1 is 0.723 bits per heavy atom. The molecule has 2 aromatic rings. The molecule has 3 nitrogen and oxygen atoms in total. The molecule has 1 unspecified atom stereocenters. The van der Waals surface area contributed by atoms with E-state index in [-0.39, 0.29) is 54.5 Å². The van der Waals surface area contributed by atoms with E-state index >= 15 is 13.2 Å². The highest BCUT2D eigenvalue weighted by Gasteiger charge is 2.60. The van der Waals surface area contributed by atoms with Gasteiger partial charge in [0.2, 0.25) is 0 Å². The zero-order chi connectivity index (χ0) is 34.3. The first kappa shape index (κ1) is 35.7. The molecule has 5 rings (SSSR count). The number of hydrogen-bond donors (Lipinski definition) is 0. The van der Waals surface area contributed by atoms with Gasteiger partial charge in [0.15, 0.2) is 6.29 Å². The van der Waals surface area contributed by atoms with Gasteiger partial charge < -0.3 is 14.2 Å². The molecular formula is C33H35F11O3. The van der Waals surface area contributed by atoms with E-state index in [0.717, 1.165) is 25.7 Å². The molecule has 1 saturated heterocycles. The fourth-order valence-corrected chi connectivity index (χ4v) is 7.14. The lowest BCUT2D eigenvalue weighted by atomic mass is 9.68.